The normalized spacial score (nSPS) is 11.8. The monoisotopic (exact) mass is 361 g/mol. The highest BCUT2D eigenvalue weighted by Crippen LogP contribution is 2.25. The number of carbonyl (C=O) groups excluding carboxylic acids is 2. The number of anilines is 1. The van der Waals surface area contributed by atoms with Crippen LogP contribution in [0.15, 0.2) is 30.5 Å². The zero-order valence-electron chi connectivity index (χ0n) is 15.5. The second-order valence-electron chi connectivity index (χ2n) is 5.86. The second-order valence-corrected chi connectivity index (χ2v) is 5.86. The third-order valence-corrected chi connectivity index (χ3v) is 3.69. The van der Waals surface area contributed by atoms with Crippen molar-refractivity contribution < 1.29 is 23.8 Å². The minimum atomic E-state index is -0.996. The van der Waals surface area contributed by atoms with Crippen molar-refractivity contribution in [2.45, 2.75) is 32.9 Å². The quantitative estimate of drug-likeness (QED) is 0.762. The van der Waals surface area contributed by atoms with Gasteiger partial charge in [-0.1, -0.05) is 0 Å². The summed E-state index contributed by atoms with van der Waals surface area (Å²) in [4.78, 5) is 24.7. The van der Waals surface area contributed by atoms with Crippen LogP contribution >= 0.6 is 0 Å². The maximum absolute atomic E-state index is 12.4. The Hall–Kier alpha value is -3.03. The third-order valence-electron chi connectivity index (χ3n) is 3.69. The molecule has 1 aromatic carbocycles. The van der Waals surface area contributed by atoms with Gasteiger partial charge in [0.1, 0.15) is 22.9 Å². The second kappa shape index (κ2) is 8.37. The van der Waals surface area contributed by atoms with Crippen molar-refractivity contribution in [3.63, 3.8) is 0 Å². The number of rotatable bonds is 7. The van der Waals surface area contributed by atoms with Crippen molar-refractivity contribution in [3.8, 4) is 11.5 Å². The van der Waals surface area contributed by atoms with E-state index in [-0.39, 0.29) is 11.6 Å². The first-order valence-electron chi connectivity index (χ1n) is 8.14. The summed E-state index contributed by atoms with van der Waals surface area (Å²) in [5, 5.41) is 6.85. The number of nitrogens with one attached hydrogen (secondary N) is 1. The Labute approximate surface area is 152 Å². The van der Waals surface area contributed by atoms with E-state index in [1.165, 1.54) is 27.2 Å². The van der Waals surface area contributed by atoms with Crippen LogP contribution in [0, 0.1) is 0 Å². The van der Waals surface area contributed by atoms with E-state index in [9.17, 15) is 9.59 Å². The molecule has 0 saturated heterocycles. The minimum Gasteiger partial charge on any atom is -0.497 e. The molecule has 0 fully saturated rings. The Morgan fingerprint density at radius 3 is 2.46 bits per heavy atom. The molecule has 2 rings (SSSR count). The molecule has 1 N–H and O–H groups in total. The maximum atomic E-state index is 12.4. The van der Waals surface area contributed by atoms with Gasteiger partial charge in [-0.25, -0.2) is 9.48 Å². The number of amides is 1. The number of aromatic nitrogens is 2. The maximum Gasteiger partial charge on any atom is 0.342 e. The van der Waals surface area contributed by atoms with E-state index < -0.39 is 18.0 Å². The summed E-state index contributed by atoms with van der Waals surface area (Å²) < 4.78 is 17.2. The molecule has 140 valence electrons. The molecule has 0 radical (unpaired) electrons. The van der Waals surface area contributed by atoms with Crippen molar-refractivity contribution in [1.29, 1.82) is 0 Å². The van der Waals surface area contributed by atoms with Crippen molar-refractivity contribution in [1.82, 2.24) is 9.78 Å². The van der Waals surface area contributed by atoms with Gasteiger partial charge in [0.15, 0.2) is 6.10 Å². The van der Waals surface area contributed by atoms with Gasteiger partial charge in [-0.2, -0.15) is 5.10 Å². The van der Waals surface area contributed by atoms with E-state index in [0.29, 0.717) is 17.3 Å². The molecule has 2 aromatic rings. The number of hydrogen-bond acceptors (Lipinski definition) is 6. The first-order valence-corrected chi connectivity index (χ1v) is 8.14. The van der Waals surface area contributed by atoms with Crippen LogP contribution in [0.3, 0.4) is 0 Å². The van der Waals surface area contributed by atoms with Crippen molar-refractivity contribution in [2.75, 3.05) is 19.5 Å². The standard InChI is InChI=1S/C18H23N3O5/c1-11(2)21-16(8-9-19-21)20-17(22)12(3)26-18(23)14-7-6-13(24-4)10-15(14)25-5/h6-12H,1-5H3,(H,20,22)/t12-/m0/s1. The molecule has 1 atom stereocenters. The lowest BCUT2D eigenvalue weighted by atomic mass is 10.2. The lowest BCUT2D eigenvalue weighted by molar-refractivity contribution is -0.123. The SMILES string of the molecule is COc1ccc(C(=O)O[C@@H](C)C(=O)Nc2ccnn2C(C)C)c(OC)c1. The molecule has 26 heavy (non-hydrogen) atoms. The number of carbonyl (C=O) groups is 2. The fourth-order valence-electron chi connectivity index (χ4n) is 2.30. The number of benzene rings is 1. The van der Waals surface area contributed by atoms with Crippen LogP contribution in [0.2, 0.25) is 0 Å². The molecule has 0 unspecified atom stereocenters. The lowest BCUT2D eigenvalue weighted by Gasteiger charge is -2.16. The molecule has 8 nitrogen and oxygen atoms in total. The highest BCUT2D eigenvalue weighted by atomic mass is 16.5. The van der Waals surface area contributed by atoms with Gasteiger partial charge in [0.2, 0.25) is 0 Å². The zero-order chi connectivity index (χ0) is 19.3. The van der Waals surface area contributed by atoms with Gasteiger partial charge >= 0.3 is 5.97 Å². The molecule has 1 amide bonds. The molecule has 0 aliphatic heterocycles. The molecule has 0 bridgehead atoms. The van der Waals surface area contributed by atoms with Crippen LogP contribution in [0.5, 0.6) is 11.5 Å². The van der Waals surface area contributed by atoms with Crippen LogP contribution in [-0.2, 0) is 9.53 Å². The smallest absolute Gasteiger partial charge is 0.342 e. The molecule has 1 heterocycles. The lowest BCUT2D eigenvalue weighted by Crippen LogP contribution is -2.31. The Morgan fingerprint density at radius 2 is 1.85 bits per heavy atom. The van der Waals surface area contributed by atoms with E-state index >= 15 is 0 Å². The number of methoxy groups -OCH3 is 2. The summed E-state index contributed by atoms with van der Waals surface area (Å²) in [6, 6.07) is 6.48. The highest BCUT2D eigenvalue weighted by molar-refractivity contribution is 5.98. The van der Waals surface area contributed by atoms with Gasteiger partial charge < -0.3 is 19.5 Å². The predicted octanol–water partition coefficient (Wildman–Crippen LogP) is 2.67. The van der Waals surface area contributed by atoms with E-state index in [0.717, 1.165) is 0 Å². The molecule has 0 spiro atoms. The molecular formula is C18H23N3O5. The van der Waals surface area contributed by atoms with Gasteiger partial charge in [-0.05, 0) is 32.9 Å². The summed E-state index contributed by atoms with van der Waals surface area (Å²) in [7, 11) is 2.95. The number of esters is 1. The Bertz CT molecular complexity index is 785. The van der Waals surface area contributed by atoms with Crippen LogP contribution in [-0.4, -0.2) is 42.0 Å². The molecule has 0 aliphatic rings. The molecule has 0 aliphatic carbocycles. The van der Waals surface area contributed by atoms with Crippen molar-refractivity contribution in [3.05, 3.63) is 36.0 Å². The summed E-state index contributed by atoms with van der Waals surface area (Å²) in [6.07, 6.45) is 0.596. The van der Waals surface area contributed by atoms with Gasteiger partial charge in [-0.3, -0.25) is 4.79 Å². The zero-order valence-corrected chi connectivity index (χ0v) is 15.5. The third kappa shape index (κ3) is 4.33. The molecule has 0 saturated carbocycles. The number of hydrogen-bond donors (Lipinski definition) is 1. The Balaban J connectivity index is 2.06. The summed E-state index contributed by atoms with van der Waals surface area (Å²) >= 11 is 0. The summed E-state index contributed by atoms with van der Waals surface area (Å²) in [5.41, 5.74) is 0.208. The molecular weight excluding hydrogens is 338 g/mol. The van der Waals surface area contributed by atoms with E-state index in [4.69, 9.17) is 14.2 Å². The number of nitrogens with zero attached hydrogens (tertiary/aromatic N) is 2. The van der Waals surface area contributed by atoms with Gasteiger partial charge in [0, 0.05) is 18.2 Å². The predicted molar refractivity (Wildman–Crippen MR) is 95.7 cm³/mol. The first kappa shape index (κ1) is 19.3. The van der Waals surface area contributed by atoms with E-state index in [1.54, 1.807) is 29.1 Å². The fraction of sp³-hybridized carbons (Fsp3) is 0.389. The molecule has 8 heteroatoms. The van der Waals surface area contributed by atoms with Crippen LogP contribution in [0.1, 0.15) is 37.2 Å². The van der Waals surface area contributed by atoms with Crippen molar-refractivity contribution in [2.24, 2.45) is 0 Å². The van der Waals surface area contributed by atoms with Crippen LogP contribution in [0.4, 0.5) is 5.82 Å². The van der Waals surface area contributed by atoms with Crippen molar-refractivity contribution >= 4 is 17.7 Å². The Morgan fingerprint density at radius 1 is 1.12 bits per heavy atom. The first-order chi connectivity index (χ1) is 12.4. The fourth-order valence-corrected chi connectivity index (χ4v) is 2.30. The van der Waals surface area contributed by atoms with E-state index in [2.05, 4.69) is 10.4 Å². The van der Waals surface area contributed by atoms with Gasteiger partial charge in [0.25, 0.3) is 5.91 Å². The summed E-state index contributed by atoms with van der Waals surface area (Å²) in [5.74, 6) is 0.277. The van der Waals surface area contributed by atoms with Gasteiger partial charge in [-0.15, -0.1) is 0 Å². The topological polar surface area (TPSA) is 91.7 Å². The average Bonchev–Trinajstić information content (AvgIpc) is 3.09. The van der Waals surface area contributed by atoms with Gasteiger partial charge in [0.05, 0.1) is 20.4 Å². The molecule has 1 aromatic heterocycles. The van der Waals surface area contributed by atoms with Crippen LogP contribution < -0.4 is 14.8 Å². The minimum absolute atomic E-state index is 0.0849. The van der Waals surface area contributed by atoms with Crippen LogP contribution in [0.25, 0.3) is 0 Å². The highest BCUT2D eigenvalue weighted by Gasteiger charge is 2.23. The average molecular weight is 361 g/mol. The Kier molecular flexibility index (Phi) is 6.21. The van der Waals surface area contributed by atoms with E-state index in [1.807, 2.05) is 13.8 Å². The largest absolute Gasteiger partial charge is 0.497 e. The summed E-state index contributed by atoms with van der Waals surface area (Å²) in [6.45, 7) is 5.39. The number of ether oxygens (including phenoxy) is 3.